The van der Waals surface area contributed by atoms with Gasteiger partial charge in [-0.2, -0.15) is 0 Å². The Balaban J connectivity index is 2.00. The van der Waals surface area contributed by atoms with Gasteiger partial charge in [-0.25, -0.2) is 17.9 Å². The van der Waals surface area contributed by atoms with Crippen LogP contribution in [-0.4, -0.2) is 102 Å². The molecule has 0 aromatic heterocycles. The molecule has 0 amide bonds. The highest BCUT2D eigenvalue weighted by Gasteiger charge is 2.50. The second kappa shape index (κ2) is 10.1. The van der Waals surface area contributed by atoms with E-state index in [1.165, 1.54) is 7.11 Å². The summed E-state index contributed by atoms with van der Waals surface area (Å²) >= 11 is 0. The van der Waals surface area contributed by atoms with Gasteiger partial charge in [0.15, 0.2) is 0 Å². The first-order valence-electron chi connectivity index (χ1n) is 8.22. The lowest BCUT2D eigenvalue weighted by Crippen LogP contribution is -2.36. The molecule has 0 saturated carbocycles. The van der Waals surface area contributed by atoms with Crippen LogP contribution in [0.1, 0.15) is 0 Å². The Hall–Kier alpha value is 0.0899. The summed E-state index contributed by atoms with van der Waals surface area (Å²) in [6, 6.07) is -2.97. The van der Waals surface area contributed by atoms with Crippen LogP contribution in [0.25, 0.3) is 0 Å². The van der Waals surface area contributed by atoms with Crippen molar-refractivity contribution in [2.75, 3.05) is 27.4 Å². The molecular weight excluding hydrogens is 442 g/mol. The summed E-state index contributed by atoms with van der Waals surface area (Å²) in [6.45, 7) is -1.02. The lowest BCUT2D eigenvalue weighted by Gasteiger charge is -2.24. The molecule has 4 radical (unpaired) electrons. The molecule has 2 fully saturated rings. The van der Waals surface area contributed by atoms with E-state index in [-0.39, 0.29) is 6.61 Å². The second-order valence-corrected chi connectivity index (χ2v) is 9.10. The molecule has 0 aromatic carbocycles. The van der Waals surface area contributed by atoms with Gasteiger partial charge in [0.25, 0.3) is 0 Å². The van der Waals surface area contributed by atoms with E-state index in [4.69, 9.17) is 39.0 Å². The Morgan fingerprint density at radius 2 is 1.34 bits per heavy atom. The van der Waals surface area contributed by atoms with Gasteiger partial charge in [-0.05, 0) is 0 Å². The van der Waals surface area contributed by atoms with Gasteiger partial charge in [0, 0.05) is 14.2 Å². The molecule has 0 aliphatic carbocycles. The minimum atomic E-state index is -4.94. The maximum absolute atomic E-state index is 14.1. The molecule has 2 saturated heterocycles. The van der Waals surface area contributed by atoms with E-state index in [2.05, 4.69) is 9.05 Å². The van der Waals surface area contributed by atoms with Gasteiger partial charge in [-0.3, -0.25) is 18.1 Å². The highest BCUT2D eigenvalue weighted by Crippen LogP contribution is 2.50. The van der Waals surface area contributed by atoms with Crippen molar-refractivity contribution >= 4 is 31.3 Å². The minimum Gasteiger partial charge on any atom is -0.382 e. The van der Waals surface area contributed by atoms with E-state index in [1.807, 2.05) is 0 Å². The smallest absolute Gasteiger partial charge is 0.382 e. The van der Waals surface area contributed by atoms with Crippen molar-refractivity contribution in [1.29, 1.82) is 0 Å². The zero-order valence-electron chi connectivity index (χ0n) is 15.4. The van der Waals surface area contributed by atoms with Gasteiger partial charge in [-0.15, -0.1) is 0 Å². The predicted octanol–water partition coefficient (Wildman–Crippen LogP) is -0.270. The van der Waals surface area contributed by atoms with Crippen molar-refractivity contribution in [3.05, 3.63) is 0 Å². The van der Waals surface area contributed by atoms with Crippen LogP contribution in [0.4, 0.5) is 8.78 Å². The number of hydrogen-bond acceptors (Lipinski definition) is 9. The van der Waals surface area contributed by atoms with Crippen LogP contribution < -0.4 is 0 Å². The first-order chi connectivity index (χ1) is 13.4. The van der Waals surface area contributed by atoms with Crippen molar-refractivity contribution in [1.82, 2.24) is 0 Å². The summed E-state index contributed by atoms with van der Waals surface area (Å²) in [5.74, 6) is 0. The fourth-order valence-electron chi connectivity index (χ4n) is 2.73. The second-order valence-electron chi connectivity index (χ2n) is 6.18. The molecular formula is C12H20B2F2O11P2. The maximum atomic E-state index is 14.1. The molecule has 2 N–H and O–H groups in total. The Morgan fingerprint density at radius 1 is 0.897 bits per heavy atom. The van der Waals surface area contributed by atoms with Gasteiger partial charge in [0.2, 0.25) is 0 Å². The minimum absolute atomic E-state index is 0.179. The standard InChI is InChI=1S/C12H20B2F2O11P2/c1-21-3-5-9(7(15)11(13)24-5)27-29(19,20)23-4-6-10(8(16)12(14)25-6)26-28(17,18)22-2/h5-12H,3-4H2,1-2H3,(H,17,18)(H,19,20)/t5-,6-,7?,8?,9?,10?,11-,12-/m1/s1. The number of phosphoric acid groups is 2. The van der Waals surface area contributed by atoms with E-state index in [0.29, 0.717) is 0 Å². The molecule has 2 heterocycles. The Kier molecular flexibility index (Phi) is 8.86. The van der Waals surface area contributed by atoms with Crippen LogP contribution in [0.5, 0.6) is 0 Å². The molecule has 11 nitrogen and oxygen atoms in total. The van der Waals surface area contributed by atoms with Gasteiger partial charge < -0.3 is 24.0 Å². The van der Waals surface area contributed by atoms with Gasteiger partial charge in [-0.1, -0.05) is 0 Å². The molecule has 0 bridgehead atoms. The zero-order valence-corrected chi connectivity index (χ0v) is 17.2. The van der Waals surface area contributed by atoms with Gasteiger partial charge in [0.1, 0.15) is 52.5 Å². The number of hydrogen-bond donors (Lipinski definition) is 2. The van der Waals surface area contributed by atoms with E-state index >= 15 is 0 Å². The van der Waals surface area contributed by atoms with Crippen LogP contribution in [-0.2, 0) is 41.4 Å². The Morgan fingerprint density at radius 3 is 1.79 bits per heavy atom. The van der Waals surface area contributed by atoms with E-state index in [0.717, 1.165) is 7.11 Å². The lowest BCUT2D eigenvalue weighted by atomic mass is 9.94. The average molecular weight is 462 g/mol. The van der Waals surface area contributed by atoms with Crippen LogP contribution in [0.2, 0.25) is 0 Å². The summed E-state index contributed by atoms with van der Waals surface area (Å²) in [5.41, 5.74) is 0. The molecule has 2 aliphatic heterocycles. The van der Waals surface area contributed by atoms with E-state index < -0.39 is 71.0 Å². The van der Waals surface area contributed by atoms with Crippen molar-refractivity contribution < 1.29 is 60.0 Å². The number of alkyl halides is 2. The number of rotatable bonds is 10. The third-order valence-corrected chi connectivity index (χ3v) is 6.08. The normalized spacial score (nSPS) is 41.9. The van der Waals surface area contributed by atoms with Gasteiger partial charge >= 0.3 is 15.6 Å². The molecule has 0 spiro atoms. The summed E-state index contributed by atoms with van der Waals surface area (Å²) in [6.07, 6.45) is -9.92. The molecule has 2 aliphatic rings. The molecule has 10 atom stereocenters. The molecule has 17 heteroatoms. The Bertz CT molecular complexity index is 649. The molecule has 164 valence electrons. The van der Waals surface area contributed by atoms with Crippen molar-refractivity contribution in [2.24, 2.45) is 0 Å². The molecule has 0 aromatic rings. The zero-order chi connectivity index (χ0) is 22.0. The third-order valence-electron chi connectivity index (χ3n) is 4.13. The monoisotopic (exact) mass is 462 g/mol. The third kappa shape index (κ3) is 6.54. The van der Waals surface area contributed by atoms with Crippen LogP contribution >= 0.6 is 15.6 Å². The quantitative estimate of drug-likeness (QED) is 0.328. The molecule has 2 rings (SSSR count). The van der Waals surface area contributed by atoms with Crippen molar-refractivity contribution in [3.8, 4) is 0 Å². The summed E-state index contributed by atoms with van der Waals surface area (Å²) in [4.78, 5) is 19.2. The van der Waals surface area contributed by atoms with Crippen LogP contribution in [0.15, 0.2) is 0 Å². The SMILES string of the molecule is [B][C@@H]1O[C@H](COP(=O)(O)OC2C(F)[C@H]([B])O[C@@H]2COC)C(OP(=O)(O)OC)C1F. The van der Waals surface area contributed by atoms with Gasteiger partial charge in [0.05, 0.1) is 25.2 Å². The topological polar surface area (TPSA) is 139 Å². The van der Waals surface area contributed by atoms with E-state index in [1.54, 1.807) is 0 Å². The van der Waals surface area contributed by atoms with Crippen LogP contribution in [0, 0.1) is 0 Å². The lowest BCUT2D eigenvalue weighted by molar-refractivity contribution is -0.0337. The first kappa shape index (κ1) is 25.4. The number of phosphoric ester groups is 2. The number of halogens is 2. The average Bonchev–Trinajstić information content (AvgIpc) is 3.05. The molecule has 29 heavy (non-hydrogen) atoms. The summed E-state index contributed by atoms with van der Waals surface area (Å²) in [7, 11) is 3.35. The van der Waals surface area contributed by atoms with Crippen LogP contribution in [0.3, 0.4) is 0 Å². The van der Waals surface area contributed by atoms with Crippen molar-refractivity contribution in [2.45, 2.75) is 48.8 Å². The molecule has 6 unspecified atom stereocenters. The fourth-order valence-corrected chi connectivity index (χ4v) is 4.33. The van der Waals surface area contributed by atoms with Crippen molar-refractivity contribution in [3.63, 3.8) is 0 Å². The first-order valence-corrected chi connectivity index (χ1v) is 11.2. The highest BCUT2D eigenvalue weighted by atomic mass is 31.2. The Labute approximate surface area is 168 Å². The number of methoxy groups -OCH3 is 1. The fraction of sp³-hybridized carbons (Fsp3) is 1.00. The largest absolute Gasteiger partial charge is 0.472 e. The summed E-state index contributed by atoms with van der Waals surface area (Å²) < 4.78 is 85.1. The van der Waals surface area contributed by atoms with E-state index in [9.17, 15) is 27.7 Å². The number of ether oxygens (including phenoxy) is 3. The maximum Gasteiger partial charge on any atom is 0.472 e. The predicted molar refractivity (Wildman–Crippen MR) is 92.9 cm³/mol. The highest BCUT2D eigenvalue weighted by molar-refractivity contribution is 7.47. The summed E-state index contributed by atoms with van der Waals surface area (Å²) in [5, 5.41) is 0.